The van der Waals surface area contributed by atoms with Gasteiger partial charge in [0.2, 0.25) is 0 Å². The lowest BCUT2D eigenvalue weighted by atomic mass is 9.76. The Morgan fingerprint density at radius 2 is 1.89 bits per heavy atom. The van der Waals surface area contributed by atoms with Crippen LogP contribution in [0, 0.1) is 11.3 Å². The average Bonchev–Trinajstić information content (AvgIpc) is 2.56. The van der Waals surface area contributed by atoms with Crippen molar-refractivity contribution >= 4 is 12.6 Å². The van der Waals surface area contributed by atoms with E-state index in [2.05, 4.69) is 0 Å². The van der Waals surface area contributed by atoms with Crippen molar-refractivity contribution in [3.8, 4) is 11.8 Å². The molecule has 4 nitrogen and oxygen atoms in total. The fraction of sp³-hybridized carbons (Fsp3) is 0.500. The van der Waals surface area contributed by atoms with E-state index in [1.54, 1.807) is 6.07 Å². The number of nitrogens with zero attached hydrogens (tertiary/aromatic N) is 1. The zero-order chi connectivity index (χ0) is 16.8. The third-order valence-electron chi connectivity index (χ3n) is 3.77. The van der Waals surface area contributed by atoms with Crippen LogP contribution < -0.4 is 10.2 Å². The summed E-state index contributed by atoms with van der Waals surface area (Å²) in [6, 6.07) is 6.50. The van der Waals surface area contributed by atoms with E-state index in [9.17, 15) is 5.26 Å². The van der Waals surface area contributed by atoms with Gasteiger partial charge in [-0.25, -0.2) is 0 Å². The first-order valence-corrected chi connectivity index (χ1v) is 6.04. The van der Waals surface area contributed by atoms with Crippen LogP contribution in [0.4, 0.5) is 0 Å². The van der Waals surface area contributed by atoms with Crippen LogP contribution in [0.25, 0.3) is 0 Å². The minimum atomic E-state index is -2.56. The third-order valence-corrected chi connectivity index (χ3v) is 3.77. The Kier molecular flexibility index (Phi) is 2.47. The second-order valence-electron chi connectivity index (χ2n) is 5.55. The highest BCUT2D eigenvalue weighted by Crippen LogP contribution is 2.36. The van der Waals surface area contributed by atoms with E-state index in [-0.39, 0.29) is 11.3 Å². The summed E-state index contributed by atoms with van der Waals surface area (Å²) >= 11 is 0. The summed E-state index contributed by atoms with van der Waals surface area (Å²) in [5.41, 5.74) is -0.212. The first-order chi connectivity index (χ1) is 9.95. The minimum absolute atomic E-state index is 0.108. The Morgan fingerprint density at radius 1 is 1.26 bits per heavy atom. The van der Waals surface area contributed by atoms with E-state index in [0.29, 0.717) is 5.46 Å². The average molecular weight is 262 g/mol. The number of benzene rings is 1. The SMILES string of the molecule is [2H]C([2H])([2H])Oc1ccc(B2OC(C)(C)C(C)(C)O2)c(C#N)c1. The lowest BCUT2D eigenvalue weighted by Gasteiger charge is -2.32. The Labute approximate surface area is 118 Å². The van der Waals surface area contributed by atoms with Gasteiger partial charge in [0, 0.05) is 5.46 Å². The molecule has 100 valence electrons. The fourth-order valence-electron chi connectivity index (χ4n) is 1.87. The van der Waals surface area contributed by atoms with E-state index >= 15 is 0 Å². The lowest BCUT2D eigenvalue weighted by molar-refractivity contribution is 0.00578. The molecular formula is C14H18BNO3. The van der Waals surface area contributed by atoms with Gasteiger partial charge in [0.25, 0.3) is 0 Å². The van der Waals surface area contributed by atoms with Gasteiger partial charge < -0.3 is 14.0 Å². The maximum absolute atomic E-state index is 9.30. The first-order valence-electron chi connectivity index (χ1n) is 7.54. The monoisotopic (exact) mass is 262 g/mol. The molecule has 0 bridgehead atoms. The first kappa shape index (κ1) is 10.3. The van der Waals surface area contributed by atoms with Crippen LogP contribution in [-0.4, -0.2) is 25.4 Å². The predicted octanol–water partition coefficient (Wildman–Crippen LogP) is 1.87. The molecule has 0 aromatic heterocycles. The summed E-state index contributed by atoms with van der Waals surface area (Å²) in [5, 5.41) is 9.30. The van der Waals surface area contributed by atoms with Crippen LogP contribution in [0.3, 0.4) is 0 Å². The number of rotatable bonds is 2. The number of methoxy groups -OCH3 is 1. The molecule has 0 N–H and O–H groups in total. The quantitative estimate of drug-likeness (QED) is 0.763. The largest absolute Gasteiger partial charge is 0.497 e. The minimum Gasteiger partial charge on any atom is -0.497 e. The molecule has 1 heterocycles. The lowest BCUT2D eigenvalue weighted by Crippen LogP contribution is -2.41. The van der Waals surface area contributed by atoms with Crippen LogP contribution in [0.1, 0.15) is 37.4 Å². The molecule has 0 saturated carbocycles. The summed E-state index contributed by atoms with van der Waals surface area (Å²) in [5.74, 6) is 0.108. The zero-order valence-corrected chi connectivity index (χ0v) is 11.5. The number of hydrogen-bond acceptors (Lipinski definition) is 4. The summed E-state index contributed by atoms with van der Waals surface area (Å²) < 4.78 is 37.9. The van der Waals surface area contributed by atoms with Gasteiger partial charge in [-0.05, 0) is 39.8 Å². The molecule has 0 radical (unpaired) electrons. The molecule has 1 aliphatic rings. The molecule has 1 aromatic carbocycles. The highest BCUT2D eigenvalue weighted by Gasteiger charge is 2.52. The fourth-order valence-corrected chi connectivity index (χ4v) is 1.87. The standard InChI is InChI=1S/C14H18BNO3/c1-13(2)14(3,4)19-15(18-13)12-7-6-11(17-5)8-10(12)9-16/h6-8H,1-5H3/i5D3. The Morgan fingerprint density at radius 3 is 2.42 bits per heavy atom. The molecule has 0 unspecified atom stereocenters. The number of nitriles is 1. The molecule has 5 heteroatoms. The maximum atomic E-state index is 9.30. The van der Waals surface area contributed by atoms with Crippen molar-refractivity contribution < 1.29 is 18.2 Å². The highest BCUT2D eigenvalue weighted by atomic mass is 16.7. The second-order valence-corrected chi connectivity index (χ2v) is 5.55. The van der Waals surface area contributed by atoms with Gasteiger partial charge in [0.05, 0.1) is 34.0 Å². The number of ether oxygens (including phenoxy) is 1. The zero-order valence-electron chi connectivity index (χ0n) is 14.5. The van der Waals surface area contributed by atoms with Crippen LogP contribution in [0.2, 0.25) is 0 Å². The van der Waals surface area contributed by atoms with Crippen molar-refractivity contribution in [1.29, 1.82) is 5.26 Å². The van der Waals surface area contributed by atoms with Crippen LogP contribution in [0.5, 0.6) is 5.75 Å². The molecular weight excluding hydrogens is 241 g/mol. The van der Waals surface area contributed by atoms with Gasteiger partial charge in [-0.3, -0.25) is 0 Å². The van der Waals surface area contributed by atoms with Crippen molar-refractivity contribution in [2.45, 2.75) is 38.9 Å². The van der Waals surface area contributed by atoms with Gasteiger partial charge in [0.1, 0.15) is 5.75 Å². The maximum Gasteiger partial charge on any atom is 0.496 e. The topological polar surface area (TPSA) is 51.5 Å². The van der Waals surface area contributed by atoms with Gasteiger partial charge in [-0.1, -0.05) is 6.07 Å². The van der Waals surface area contributed by atoms with Crippen molar-refractivity contribution in [1.82, 2.24) is 0 Å². The molecule has 1 aromatic rings. The van der Waals surface area contributed by atoms with E-state index in [1.165, 1.54) is 12.1 Å². The Hall–Kier alpha value is -1.51. The van der Waals surface area contributed by atoms with Gasteiger partial charge in [-0.2, -0.15) is 5.26 Å². The Balaban J connectivity index is 2.32. The van der Waals surface area contributed by atoms with Crippen LogP contribution in [0.15, 0.2) is 18.2 Å². The molecule has 1 fully saturated rings. The van der Waals surface area contributed by atoms with E-state index in [0.717, 1.165) is 0 Å². The van der Waals surface area contributed by atoms with E-state index < -0.39 is 25.4 Å². The third kappa shape index (κ3) is 2.34. The molecule has 19 heavy (non-hydrogen) atoms. The molecule has 0 spiro atoms. The smallest absolute Gasteiger partial charge is 0.496 e. The van der Waals surface area contributed by atoms with Gasteiger partial charge in [0.15, 0.2) is 0 Å². The van der Waals surface area contributed by atoms with Crippen LogP contribution in [-0.2, 0) is 9.31 Å². The van der Waals surface area contributed by atoms with E-state index in [1.807, 2.05) is 33.8 Å². The molecule has 0 amide bonds. The summed E-state index contributed by atoms with van der Waals surface area (Å²) in [4.78, 5) is 0. The van der Waals surface area contributed by atoms with Crippen molar-refractivity contribution in [3.05, 3.63) is 23.8 Å². The molecule has 1 saturated heterocycles. The molecule has 2 rings (SSSR count). The van der Waals surface area contributed by atoms with Crippen molar-refractivity contribution in [2.75, 3.05) is 7.04 Å². The normalized spacial score (nSPS) is 23.1. The summed E-state index contributed by atoms with van der Waals surface area (Å²) in [7, 11) is -3.24. The van der Waals surface area contributed by atoms with Gasteiger partial charge >= 0.3 is 7.12 Å². The molecule has 0 aliphatic carbocycles. The van der Waals surface area contributed by atoms with Crippen molar-refractivity contribution in [2.24, 2.45) is 0 Å². The molecule has 1 aliphatic heterocycles. The van der Waals surface area contributed by atoms with Crippen molar-refractivity contribution in [3.63, 3.8) is 0 Å². The highest BCUT2D eigenvalue weighted by molar-refractivity contribution is 6.62. The van der Waals surface area contributed by atoms with Crippen LogP contribution >= 0.6 is 0 Å². The summed E-state index contributed by atoms with van der Waals surface area (Å²) in [6.45, 7) is 7.69. The summed E-state index contributed by atoms with van der Waals surface area (Å²) in [6.07, 6.45) is 0. The second kappa shape index (κ2) is 4.55. The van der Waals surface area contributed by atoms with Gasteiger partial charge in [-0.15, -0.1) is 0 Å². The Bertz CT molecular complexity index is 607. The predicted molar refractivity (Wildman–Crippen MR) is 73.4 cm³/mol. The molecule has 0 atom stereocenters. The number of hydrogen-bond donors (Lipinski definition) is 0. The van der Waals surface area contributed by atoms with E-state index in [4.69, 9.17) is 18.2 Å².